The van der Waals surface area contributed by atoms with Crippen LogP contribution in [-0.2, 0) is 16.0 Å². The molecule has 0 saturated carbocycles. The van der Waals surface area contributed by atoms with Crippen LogP contribution < -0.4 is 16.0 Å². The van der Waals surface area contributed by atoms with Crippen LogP contribution >= 0.6 is 24.0 Å². The fraction of sp³-hybridized carbons (Fsp3) is 0.667. The lowest BCUT2D eigenvalue weighted by Crippen LogP contribution is -2.43. The molecule has 0 radical (unpaired) electrons. The third-order valence-corrected chi connectivity index (χ3v) is 3.10. The van der Waals surface area contributed by atoms with Gasteiger partial charge in [-0.05, 0) is 46.2 Å². The normalized spacial score (nSPS) is 11.6. The van der Waals surface area contributed by atoms with Gasteiger partial charge in [0.25, 0.3) is 0 Å². The van der Waals surface area contributed by atoms with Crippen molar-refractivity contribution in [3.63, 3.8) is 0 Å². The number of halogens is 1. The van der Waals surface area contributed by atoms with E-state index < -0.39 is 0 Å². The van der Waals surface area contributed by atoms with Gasteiger partial charge in [0.15, 0.2) is 5.96 Å². The Morgan fingerprint density at radius 1 is 1.27 bits per heavy atom. The minimum absolute atomic E-state index is 0. The van der Waals surface area contributed by atoms with E-state index in [0.29, 0.717) is 19.1 Å². The van der Waals surface area contributed by atoms with Crippen molar-refractivity contribution >= 4 is 35.8 Å². The second kappa shape index (κ2) is 13.9. The Kier molecular flexibility index (Phi) is 13.2. The lowest BCUT2D eigenvalue weighted by Gasteiger charge is -2.20. The Morgan fingerprint density at radius 3 is 2.62 bits per heavy atom. The first kappa shape index (κ1) is 24.7. The van der Waals surface area contributed by atoms with Gasteiger partial charge < -0.3 is 25.1 Å². The van der Waals surface area contributed by atoms with E-state index in [1.165, 1.54) is 0 Å². The Morgan fingerprint density at radius 2 is 2.00 bits per heavy atom. The second-order valence-corrected chi connectivity index (χ2v) is 6.70. The maximum Gasteiger partial charge on any atom is 0.242 e. The predicted octanol–water partition coefficient (Wildman–Crippen LogP) is 2.32. The molecule has 0 bridgehead atoms. The zero-order chi connectivity index (χ0) is 18.5. The molecule has 0 spiro atoms. The third-order valence-electron chi connectivity index (χ3n) is 3.10. The number of hydrogen-bond donors (Lipinski definition) is 3. The van der Waals surface area contributed by atoms with E-state index in [1.807, 2.05) is 39.8 Å². The minimum atomic E-state index is -0.260. The van der Waals surface area contributed by atoms with E-state index in [0.717, 1.165) is 31.8 Å². The topological polar surface area (TPSA) is 87.9 Å². The summed E-state index contributed by atoms with van der Waals surface area (Å²) in [6.45, 7) is 10.7. The second-order valence-electron chi connectivity index (χ2n) is 6.70. The van der Waals surface area contributed by atoms with Gasteiger partial charge in [-0.1, -0.05) is 0 Å². The van der Waals surface area contributed by atoms with Crippen molar-refractivity contribution in [2.75, 3.05) is 32.8 Å². The molecule has 150 valence electrons. The average Bonchev–Trinajstić information content (AvgIpc) is 3.03. The van der Waals surface area contributed by atoms with Crippen LogP contribution in [0.1, 0.15) is 39.9 Å². The number of guanidine groups is 1. The monoisotopic (exact) mass is 480 g/mol. The number of nitrogens with one attached hydrogen (secondary N) is 3. The summed E-state index contributed by atoms with van der Waals surface area (Å²) in [5.41, 5.74) is -0.260. The molecule has 3 N–H and O–H groups in total. The van der Waals surface area contributed by atoms with Crippen molar-refractivity contribution in [3.05, 3.63) is 24.2 Å². The lowest BCUT2D eigenvalue weighted by atomic mass is 10.1. The largest absolute Gasteiger partial charge is 0.469 e. The van der Waals surface area contributed by atoms with Gasteiger partial charge in [-0.3, -0.25) is 4.79 Å². The van der Waals surface area contributed by atoms with Crippen molar-refractivity contribution in [3.8, 4) is 0 Å². The highest BCUT2D eigenvalue weighted by molar-refractivity contribution is 14.0. The summed E-state index contributed by atoms with van der Waals surface area (Å²) >= 11 is 0. The summed E-state index contributed by atoms with van der Waals surface area (Å²) in [6, 6.07) is 3.80. The van der Waals surface area contributed by atoms with E-state index in [4.69, 9.17) is 9.15 Å². The standard InChI is InChI=1S/C18H32N4O3.HI/c1-5-24-12-7-10-19-17(20-11-9-15-8-6-13-25-15)21-14-16(23)22-18(2,3)4;/h6,8,13H,5,7,9-12,14H2,1-4H3,(H,22,23)(H2,19,20,21);1H. The molecule has 1 heterocycles. The van der Waals surface area contributed by atoms with Gasteiger partial charge in [-0.25, -0.2) is 4.99 Å². The van der Waals surface area contributed by atoms with Gasteiger partial charge >= 0.3 is 0 Å². The molecule has 1 aromatic heterocycles. The van der Waals surface area contributed by atoms with Crippen LogP contribution in [0.15, 0.2) is 27.8 Å². The predicted molar refractivity (Wildman–Crippen MR) is 115 cm³/mol. The summed E-state index contributed by atoms with van der Waals surface area (Å²) in [5.74, 6) is 1.43. The highest BCUT2D eigenvalue weighted by Gasteiger charge is 2.13. The quantitative estimate of drug-likeness (QED) is 0.207. The van der Waals surface area contributed by atoms with Crippen LogP contribution in [0.4, 0.5) is 0 Å². The van der Waals surface area contributed by atoms with Crippen LogP contribution in [0.2, 0.25) is 0 Å². The molecular weight excluding hydrogens is 447 g/mol. The SMILES string of the molecule is CCOCCCNC(=NCC(=O)NC(C)(C)C)NCCc1ccco1.I. The Bertz CT molecular complexity index is 513. The van der Waals surface area contributed by atoms with Crippen LogP contribution in [0.5, 0.6) is 0 Å². The molecule has 0 unspecified atom stereocenters. The molecule has 0 aliphatic rings. The van der Waals surface area contributed by atoms with Gasteiger partial charge in [-0.2, -0.15) is 0 Å². The van der Waals surface area contributed by atoms with Crippen molar-refractivity contribution in [2.45, 2.75) is 46.1 Å². The van der Waals surface area contributed by atoms with E-state index in [-0.39, 0.29) is 42.0 Å². The van der Waals surface area contributed by atoms with Gasteiger partial charge in [0.1, 0.15) is 12.3 Å². The Hall–Kier alpha value is -1.29. The van der Waals surface area contributed by atoms with Crippen LogP contribution in [0.25, 0.3) is 0 Å². The summed E-state index contributed by atoms with van der Waals surface area (Å²) in [5, 5.41) is 9.35. The third kappa shape index (κ3) is 13.0. The van der Waals surface area contributed by atoms with Crippen molar-refractivity contribution in [1.29, 1.82) is 0 Å². The molecule has 1 aromatic rings. The lowest BCUT2D eigenvalue weighted by molar-refractivity contribution is -0.121. The number of carbonyl (C=O) groups is 1. The highest BCUT2D eigenvalue weighted by Crippen LogP contribution is 1.99. The molecule has 1 amide bonds. The molecule has 0 saturated heterocycles. The average molecular weight is 480 g/mol. The zero-order valence-electron chi connectivity index (χ0n) is 16.3. The highest BCUT2D eigenvalue weighted by atomic mass is 127. The number of nitrogens with zero attached hydrogens (tertiary/aromatic N) is 1. The van der Waals surface area contributed by atoms with E-state index in [1.54, 1.807) is 6.26 Å². The molecule has 0 atom stereocenters. The number of carbonyl (C=O) groups excluding carboxylic acids is 1. The first-order chi connectivity index (χ1) is 11.9. The number of amides is 1. The Labute approximate surface area is 173 Å². The summed E-state index contributed by atoms with van der Waals surface area (Å²) in [7, 11) is 0. The van der Waals surface area contributed by atoms with Crippen molar-refractivity contribution in [1.82, 2.24) is 16.0 Å². The van der Waals surface area contributed by atoms with Crippen molar-refractivity contribution < 1.29 is 13.9 Å². The van der Waals surface area contributed by atoms with Crippen molar-refractivity contribution in [2.24, 2.45) is 4.99 Å². The maximum atomic E-state index is 11.9. The first-order valence-electron chi connectivity index (χ1n) is 8.84. The fourth-order valence-corrected chi connectivity index (χ4v) is 2.07. The molecule has 7 nitrogen and oxygen atoms in total. The smallest absolute Gasteiger partial charge is 0.242 e. The molecular formula is C18H33IN4O3. The van der Waals surface area contributed by atoms with E-state index in [2.05, 4.69) is 20.9 Å². The van der Waals surface area contributed by atoms with Gasteiger partial charge in [0, 0.05) is 38.3 Å². The van der Waals surface area contributed by atoms with Crippen LogP contribution in [0.3, 0.4) is 0 Å². The zero-order valence-corrected chi connectivity index (χ0v) is 18.6. The van der Waals surface area contributed by atoms with Crippen LogP contribution in [-0.4, -0.2) is 50.3 Å². The molecule has 0 aliphatic heterocycles. The number of rotatable bonds is 10. The number of aliphatic imine (C=N–C) groups is 1. The number of furan rings is 1. The summed E-state index contributed by atoms with van der Waals surface area (Å²) in [6.07, 6.45) is 3.29. The van der Waals surface area contributed by atoms with Gasteiger partial charge in [-0.15, -0.1) is 24.0 Å². The molecule has 26 heavy (non-hydrogen) atoms. The first-order valence-corrected chi connectivity index (χ1v) is 8.84. The molecule has 0 aliphatic carbocycles. The van der Waals surface area contributed by atoms with E-state index in [9.17, 15) is 4.79 Å². The maximum absolute atomic E-state index is 11.9. The fourth-order valence-electron chi connectivity index (χ4n) is 2.07. The Balaban J connectivity index is 0.00000625. The summed E-state index contributed by atoms with van der Waals surface area (Å²) in [4.78, 5) is 16.3. The minimum Gasteiger partial charge on any atom is -0.469 e. The van der Waals surface area contributed by atoms with Crippen LogP contribution in [0, 0.1) is 0 Å². The van der Waals surface area contributed by atoms with Gasteiger partial charge in [0.2, 0.25) is 5.91 Å². The molecule has 8 heteroatoms. The van der Waals surface area contributed by atoms with Gasteiger partial charge in [0.05, 0.1) is 6.26 Å². The van der Waals surface area contributed by atoms with E-state index >= 15 is 0 Å². The molecule has 0 aromatic carbocycles. The molecule has 0 fully saturated rings. The summed E-state index contributed by atoms with van der Waals surface area (Å²) < 4.78 is 10.6. The molecule has 1 rings (SSSR count). The number of hydrogen-bond acceptors (Lipinski definition) is 4. The number of ether oxygens (including phenoxy) is 1.